The summed E-state index contributed by atoms with van der Waals surface area (Å²) in [5.41, 5.74) is 9.65. The minimum absolute atomic E-state index is 0.0157. The molecule has 3 rings (SSSR count). The predicted molar refractivity (Wildman–Crippen MR) is 109 cm³/mol. The zero-order chi connectivity index (χ0) is 23.1. The maximum Gasteiger partial charge on any atom is 0.468 e. The molecule has 2 aromatic carbocycles. The van der Waals surface area contributed by atoms with Gasteiger partial charge < -0.3 is 19.3 Å². The van der Waals surface area contributed by atoms with Crippen molar-refractivity contribution in [3.8, 4) is 0 Å². The minimum Gasteiger partial charge on any atom is -0.441 e. The summed E-state index contributed by atoms with van der Waals surface area (Å²) in [5.74, 6) is -1.58. The van der Waals surface area contributed by atoms with E-state index >= 15 is 0 Å². The van der Waals surface area contributed by atoms with E-state index in [0.29, 0.717) is 0 Å². The molecular formula is C21H21F3N4O4. The molecular weight excluding hydrogens is 429 g/mol. The average molecular weight is 450 g/mol. The van der Waals surface area contributed by atoms with Gasteiger partial charge in [-0.25, -0.2) is 4.99 Å². The molecule has 0 saturated carbocycles. The molecule has 0 unspecified atom stereocenters. The molecule has 2 aromatic rings. The fraction of sp³-hybridized carbons (Fsp3) is 0.381. The van der Waals surface area contributed by atoms with Gasteiger partial charge in [0.15, 0.2) is 0 Å². The Morgan fingerprint density at radius 2 is 1.75 bits per heavy atom. The largest absolute Gasteiger partial charge is 0.468 e. The average Bonchev–Trinajstić information content (AvgIpc) is 2.77. The van der Waals surface area contributed by atoms with Gasteiger partial charge in [-0.3, -0.25) is 0 Å². The molecule has 1 fully saturated rings. The number of aliphatic hydroxyl groups excluding tert-OH is 1. The van der Waals surface area contributed by atoms with Crippen molar-refractivity contribution in [3.63, 3.8) is 0 Å². The summed E-state index contributed by atoms with van der Waals surface area (Å²) in [4.78, 5) is 6.25. The zero-order valence-corrected chi connectivity index (χ0v) is 17.0. The van der Waals surface area contributed by atoms with Crippen LogP contribution in [0.1, 0.15) is 12.5 Å². The molecule has 1 aliphatic heterocycles. The van der Waals surface area contributed by atoms with Gasteiger partial charge in [-0.15, -0.1) is 0 Å². The summed E-state index contributed by atoms with van der Waals surface area (Å²) in [5, 5.41) is 14.3. The highest BCUT2D eigenvalue weighted by atomic mass is 19.4. The molecule has 1 heterocycles. The Hall–Kier alpha value is -3.11. The molecule has 170 valence electrons. The molecule has 1 N–H and O–H groups in total. The fourth-order valence-electron chi connectivity index (χ4n) is 3.16. The third-order valence-electron chi connectivity index (χ3n) is 4.71. The lowest BCUT2D eigenvalue weighted by atomic mass is 9.97. The first-order valence-electron chi connectivity index (χ1n) is 9.70. The number of halogens is 3. The van der Waals surface area contributed by atoms with E-state index in [9.17, 15) is 18.3 Å². The van der Waals surface area contributed by atoms with Gasteiger partial charge >= 0.3 is 6.18 Å². The molecule has 0 spiro atoms. The van der Waals surface area contributed by atoms with E-state index in [-0.39, 0.29) is 12.3 Å². The van der Waals surface area contributed by atoms with Crippen molar-refractivity contribution in [1.29, 1.82) is 0 Å². The standard InChI is InChI=1S/C21H21F3N4O4/c1-13-16(27-28-25)18(30-12-14-8-4-2-5-9-14)17(29)19(31-13)32-20(21(22,23)24)26-15-10-6-3-7-11-15/h2-11,13,16-19,29H,12H2,1H3/t13-,16-,17+,18+,19-/m1/s1. The Bertz CT molecular complexity index is 953. The Morgan fingerprint density at radius 1 is 1.12 bits per heavy atom. The van der Waals surface area contributed by atoms with Crippen LogP contribution in [0.2, 0.25) is 0 Å². The Balaban J connectivity index is 1.83. The Kier molecular flexibility index (Phi) is 7.70. The van der Waals surface area contributed by atoms with Crippen molar-refractivity contribution < 1.29 is 32.5 Å². The maximum absolute atomic E-state index is 13.6. The zero-order valence-electron chi connectivity index (χ0n) is 17.0. The number of ether oxygens (including phenoxy) is 3. The number of hydrogen-bond acceptors (Lipinski definition) is 6. The SMILES string of the molecule is C[C@H]1O[C@H](OC(=Nc2ccccc2)C(F)(F)F)[C@@H](O)[C@@H](OCc2ccccc2)[C@@H]1N=[N+]=[N-]. The van der Waals surface area contributed by atoms with Crippen LogP contribution in [-0.4, -0.2) is 47.8 Å². The van der Waals surface area contributed by atoms with Crippen LogP contribution in [0.15, 0.2) is 70.8 Å². The van der Waals surface area contributed by atoms with Crippen LogP contribution in [0.25, 0.3) is 10.4 Å². The lowest BCUT2D eigenvalue weighted by Gasteiger charge is -2.41. The van der Waals surface area contributed by atoms with Crippen molar-refractivity contribution in [2.24, 2.45) is 10.1 Å². The van der Waals surface area contributed by atoms with Crippen molar-refractivity contribution >= 4 is 11.6 Å². The predicted octanol–water partition coefficient (Wildman–Crippen LogP) is 4.67. The Labute approximate surface area is 181 Å². The van der Waals surface area contributed by atoms with E-state index in [4.69, 9.17) is 19.7 Å². The van der Waals surface area contributed by atoms with Crippen molar-refractivity contribution in [2.75, 3.05) is 0 Å². The first kappa shape index (κ1) is 23.6. The van der Waals surface area contributed by atoms with E-state index < -0.39 is 42.7 Å². The van der Waals surface area contributed by atoms with E-state index in [1.165, 1.54) is 31.2 Å². The van der Waals surface area contributed by atoms with Crippen LogP contribution in [0.3, 0.4) is 0 Å². The molecule has 1 saturated heterocycles. The second-order valence-electron chi connectivity index (χ2n) is 7.03. The van der Waals surface area contributed by atoms with E-state index in [2.05, 4.69) is 15.0 Å². The first-order valence-corrected chi connectivity index (χ1v) is 9.70. The number of hydrogen-bond donors (Lipinski definition) is 1. The summed E-state index contributed by atoms with van der Waals surface area (Å²) in [6, 6.07) is 15.4. The summed E-state index contributed by atoms with van der Waals surface area (Å²) < 4.78 is 56.8. The van der Waals surface area contributed by atoms with Gasteiger partial charge in [-0.05, 0) is 30.2 Å². The molecule has 5 atom stereocenters. The molecule has 11 heteroatoms. The molecule has 1 aliphatic rings. The van der Waals surface area contributed by atoms with Gasteiger partial charge in [0.2, 0.25) is 6.29 Å². The van der Waals surface area contributed by atoms with E-state index in [0.717, 1.165) is 5.56 Å². The van der Waals surface area contributed by atoms with Gasteiger partial charge in [0.25, 0.3) is 5.90 Å². The molecule has 0 aliphatic carbocycles. The number of benzene rings is 2. The molecule has 32 heavy (non-hydrogen) atoms. The number of azide groups is 1. The van der Waals surface area contributed by atoms with Crippen LogP contribution in [0.5, 0.6) is 0 Å². The number of nitrogens with zero attached hydrogens (tertiary/aromatic N) is 4. The summed E-state index contributed by atoms with van der Waals surface area (Å²) in [7, 11) is 0. The van der Waals surface area contributed by atoms with E-state index in [1.54, 1.807) is 30.3 Å². The minimum atomic E-state index is -4.94. The number of alkyl halides is 3. The fourth-order valence-corrected chi connectivity index (χ4v) is 3.16. The Morgan fingerprint density at radius 3 is 2.34 bits per heavy atom. The van der Waals surface area contributed by atoms with Crippen molar-refractivity contribution in [3.05, 3.63) is 76.7 Å². The van der Waals surface area contributed by atoms with Gasteiger partial charge in [0.1, 0.15) is 12.2 Å². The highest BCUT2D eigenvalue weighted by molar-refractivity contribution is 5.84. The number of aliphatic imine (C=N–C) groups is 1. The third kappa shape index (κ3) is 5.98. The van der Waals surface area contributed by atoms with Crippen LogP contribution in [-0.2, 0) is 20.8 Å². The van der Waals surface area contributed by atoms with Crippen LogP contribution in [0, 0.1) is 0 Å². The smallest absolute Gasteiger partial charge is 0.441 e. The third-order valence-corrected chi connectivity index (χ3v) is 4.71. The van der Waals surface area contributed by atoms with Crippen molar-refractivity contribution in [1.82, 2.24) is 0 Å². The van der Waals surface area contributed by atoms with Crippen LogP contribution in [0.4, 0.5) is 18.9 Å². The van der Waals surface area contributed by atoms with Crippen LogP contribution >= 0.6 is 0 Å². The van der Waals surface area contributed by atoms with Gasteiger partial charge in [0, 0.05) is 4.91 Å². The lowest BCUT2D eigenvalue weighted by Crippen LogP contribution is -2.58. The molecule has 0 amide bonds. The van der Waals surface area contributed by atoms with Crippen LogP contribution < -0.4 is 0 Å². The molecule has 0 bridgehead atoms. The highest BCUT2D eigenvalue weighted by Crippen LogP contribution is 2.30. The quantitative estimate of drug-likeness (QED) is 0.227. The molecule has 0 aromatic heterocycles. The first-order chi connectivity index (χ1) is 15.3. The number of para-hydroxylation sites is 1. The number of aliphatic hydroxyl groups is 1. The van der Waals surface area contributed by atoms with Crippen molar-refractivity contribution in [2.45, 2.75) is 50.4 Å². The topological polar surface area (TPSA) is 109 Å². The monoisotopic (exact) mass is 450 g/mol. The molecule has 0 radical (unpaired) electrons. The maximum atomic E-state index is 13.6. The van der Waals surface area contributed by atoms with Gasteiger partial charge in [0.05, 0.1) is 24.4 Å². The lowest BCUT2D eigenvalue weighted by molar-refractivity contribution is -0.259. The number of rotatable bonds is 6. The normalized spacial score (nSPS) is 26.3. The summed E-state index contributed by atoms with van der Waals surface area (Å²) in [6.07, 6.45) is -10.4. The second kappa shape index (κ2) is 10.5. The highest BCUT2D eigenvalue weighted by Gasteiger charge is 2.48. The van der Waals surface area contributed by atoms with E-state index in [1.807, 2.05) is 6.07 Å². The van der Waals surface area contributed by atoms with Gasteiger partial charge in [-0.1, -0.05) is 53.6 Å². The molecule has 8 nitrogen and oxygen atoms in total. The summed E-state index contributed by atoms with van der Waals surface area (Å²) >= 11 is 0. The summed E-state index contributed by atoms with van der Waals surface area (Å²) in [6.45, 7) is 1.52. The second-order valence-corrected chi connectivity index (χ2v) is 7.03. The van der Waals surface area contributed by atoms with Gasteiger partial charge in [-0.2, -0.15) is 13.2 Å².